The molecule has 2 fully saturated rings. The van der Waals surface area contributed by atoms with Crippen LogP contribution in [0.5, 0.6) is 0 Å². The number of piperidine rings is 1. The highest BCUT2D eigenvalue weighted by molar-refractivity contribution is 5.85. The Morgan fingerprint density at radius 3 is 2.12 bits per heavy atom. The van der Waals surface area contributed by atoms with Crippen molar-refractivity contribution in [2.45, 2.75) is 52.5 Å². The molecule has 2 saturated heterocycles. The topological polar surface area (TPSA) is 44.8 Å². The lowest BCUT2D eigenvalue weighted by Crippen LogP contribution is -2.56. The Morgan fingerprint density at radius 2 is 1.62 bits per heavy atom. The summed E-state index contributed by atoms with van der Waals surface area (Å²) in [7, 11) is 0. The van der Waals surface area contributed by atoms with Gasteiger partial charge in [0.05, 0.1) is 19.3 Å². The Kier molecular flexibility index (Phi) is 14.0. The van der Waals surface area contributed by atoms with Crippen molar-refractivity contribution in [3.8, 4) is 0 Å². The van der Waals surface area contributed by atoms with Gasteiger partial charge in [0.15, 0.2) is 0 Å². The van der Waals surface area contributed by atoms with Gasteiger partial charge in [-0.25, -0.2) is 0 Å². The number of hydrogen-bond donors (Lipinski definition) is 1. The van der Waals surface area contributed by atoms with E-state index in [2.05, 4.69) is 35.9 Å². The second-order valence-electron chi connectivity index (χ2n) is 7.25. The van der Waals surface area contributed by atoms with Gasteiger partial charge in [0.25, 0.3) is 0 Å². The SMILES string of the molecule is CCNCC1CCN(C(=O)C(C(CC)CC)N2CCOCC2)CC1.Cl.Cl. The van der Waals surface area contributed by atoms with E-state index in [-0.39, 0.29) is 30.9 Å². The molecule has 156 valence electrons. The molecular formula is C19H39Cl2N3O2. The molecule has 0 aliphatic carbocycles. The Hall–Kier alpha value is -0.0700. The third kappa shape index (κ3) is 7.16. The number of rotatable bonds is 8. The second-order valence-corrected chi connectivity index (χ2v) is 7.25. The predicted molar refractivity (Wildman–Crippen MR) is 113 cm³/mol. The maximum absolute atomic E-state index is 13.3. The molecule has 1 amide bonds. The number of nitrogens with zero attached hydrogens (tertiary/aromatic N) is 2. The maximum Gasteiger partial charge on any atom is 0.240 e. The third-order valence-corrected chi connectivity index (χ3v) is 5.80. The zero-order valence-electron chi connectivity index (χ0n) is 16.7. The molecule has 1 unspecified atom stereocenters. The monoisotopic (exact) mass is 411 g/mol. The van der Waals surface area contributed by atoms with Crippen LogP contribution in [0.25, 0.3) is 0 Å². The zero-order valence-corrected chi connectivity index (χ0v) is 18.4. The molecule has 0 aromatic heterocycles. The molecule has 5 nitrogen and oxygen atoms in total. The third-order valence-electron chi connectivity index (χ3n) is 5.80. The summed E-state index contributed by atoms with van der Waals surface area (Å²) in [6.45, 7) is 13.9. The smallest absolute Gasteiger partial charge is 0.240 e. The summed E-state index contributed by atoms with van der Waals surface area (Å²) in [5, 5.41) is 3.45. The largest absolute Gasteiger partial charge is 0.379 e. The van der Waals surface area contributed by atoms with Crippen LogP contribution >= 0.6 is 24.8 Å². The minimum Gasteiger partial charge on any atom is -0.379 e. The van der Waals surface area contributed by atoms with E-state index >= 15 is 0 Å². The van der Waals surface area contributed by atoms with Crippen molar-refractivity contribution < 1.29 is 9.53 Å². The highest BCUT2D eigenvalue weighted by Crippen LogP contribution is 2.25. The van der Waals surface area contributed by atoms with Gasteiger partial charge in [-0.1, -0.05) is 33.6 Å². The lowest BCUT2D eigenvalue weighted by atomic mass is 9.89. The number of ether oxygens (including phenoxy) is 1. The first-order chi connectivity index (χ1) is 11.7. The van der Waals surface area contributed by atoms with Crippen molar-refractivity contribution in [2.24, 2.45) is 11.8 Å². The molecule has 2 heterocycles. The van der Waals surface area contributed by atoms with Gasteiger partial charge in [-0.05, 0) is 37.8 Å². The fourth-order valence-corrected chi connectivity index (χ4v) is 4.14. The molecule has 7 heteroatoms. The van der Waals surface area contributed by atoms with E-state index in [1.54, 1.807) is 0 Å². The number of nitrogens with one attached hydrogen (secondary N) is 1. The number of halogens is 2. The summed E-state index contributed by atoms with van der Waals surface area (Å²) in [6, 6.07) is 0.0502. The number of morpholine rings is 1. The summed E-state index contributed by atoms with van der Waals surface area (Å²) in [4.78, 5) is 17.8. The Labute approximate surface area is 172 Å². The van der Waals surface area contributed by atoms with Gasteiger partial charge in [-0.3, -0.25) is 9.69 Å². The Bertz CT molecular complexity index is 370. The van der Waals surface area contributed by atoms with Crippen LogP contribution in [0.4, 0.5) is 0 Å². The minimum absolute atomic E-state index is 0. The van der Waals surface area contributed by atoms with Crippen LogP contribution in [0.15, 0.2) is 0 Å². The van der Waals surface area contributed by atoms with Crippen LogP contribution in [0.2, 0.25) is 0 Å². The van der Waals surface area contributed by atoms with Crippen LogP contribution in [0.1, 0.15) is 46.5 Å². The summed E-state index contributed by atoms with van der Waals surface area (Å²) in [5.41, 5.74) is 0. The van der Waals surface area contributed by atoms with E-state index in [0.717, 1.165) is 84.1 Å². The van der Waals surface area contributed by atoms with Crippen molar-refractivity contribution in [1.29, 1.82) is 0 Å². The van der Waals surface area contributed by atoms with E-state index in [1.165, 1.54) is 0 Å². The average molecular weight is 412 g/mol. The lowest BCUT2D eigenvalue weighted by Gasteiger charge is -2.42. The molecule has 0 spiro atoms. The van der Waals surface area contributed by atoms with Gasteiger partial charge >= 0.3 is 0 Å². The first kappa shape index (κ1) is 25.9. The highest BCUT2D eigenvalue weighted by atomic mass is 35.5. The summed E-state index contributed by atoms with van der Waals surface area (Å²) in [6.07, 6.45) is 4.41. The van der Waals surface area contributed by atoms with Gasteiger partial charge in [-0.15, -0.1) is 24.8 Å². The molecule has 2 aliphatic rings. The van der Waals surface area contributed by atoms with Gasteiger partial charge in [-0.2, -0.15) is 0 Å². The molecule has 2 aliphatic heterocycles. The number of amides is 1. The molecule has 0 radical (unpaired) electrons. The van der Waals surface area contributed by atoms with Gasteiger partial charge < -0.3 is 15.0 Å². The number of likely N-dealkylation sites (tertiary alicyclic amines) is 1. The van der Waals surface area contributed by atoms with E-state index in [4.69, 9.17) is 4.74 Å². The van der Waals surface area contributed by atoms with Gasteiger partial charge in [0, 0.05) is 26.2 Å². The lowest BCUT2D eigenvalue weighted by molar-refractivity contribution is -0.143. The standard InChI is InChI=1S/C19H37N3O2.2ClH/c1-4-17(5-2)18(21-11-13-24-14-12-21)19(23)22-9-7-16(8-10-22)15-20-6-3;;/h16-18,20H,4-15H2,1-3H3;2*1H. The van der Waals surface area contributed by atoms with Crippen LogP contribution in [0, 0.1) is 11.8 Å². The van der Waals surface area contributed by atoms with Gasteiger partial charge in [0.2, 0.25) is 5.91 Å². The Morgan fingerprint density at radius 1 is 1.04 bits per heavy atom. The average Bonchev–Trinajstić information content (AvgIpc) is 2.65. The molecule has 1 N–H and O–H groups in total. The highest BCUT2D eigenvalue weighted by Gasteiger charge is 2.36. The molecule has 0 saturated carbocycles. The number of carbonyl (C=O) groups is 1. The van der Waals surface area contributed by atoms with Crippen molar-refractivity contribution in [3.63, 3.8) is 0 Å². The number of hydrogen-bond acceptors (Lipinski definition) is 4. The first-order valence-corrected chi connectivity index (χ1v) is 10.0. The summed E-state index contributed by atoms with van der Waals surface area (Å²) in [5.74, 6) is 1.55. The van der Waals surface area contributed by atoms with Crippen molar-refractivity contribution in [2.75, 3.05) is 52.5 Å². The van der Waals surface area contributed by atoms with Crippen LogP contribution in [-0.4, -0.2) is 74.2 Å². The summed E-state index contributed by atoms with van der Waals surface area (Å²) >= 11 is 0. The normalized spacial score (nSPS) is 20.4. The fourth-order valence-electron chi connectivity index (χ4n) is 4.14. The quantitative estimate of drug-likeness (QED) is 0.666. The van der Waals surface area contributed by atoms with E-state index in [9.17, 15) is 4.79 Å². The van der Waals surface area contributed by atoms with Crippen molar-refractivity contribution in [1.82, 2.24) is 15.1 Å². The molecule has 26 heavy (non-hydrogen) atoms. The summed E-state index contributed by atoms with van der Waals surface area (Å²) < 4.78 is 5.50. The zero-order chi connectivity index (χ0) is 17.4. The molecule has 0 aromatic carbocycles. The van der Waals surface area contributed by atoms with Crippen molar-refractivity contribution >= 4 is 30.7 Å². The second kappa shape index (κ2) is 14.0. The minimum atomic E-state index is 0. The predicted octanol–water partition coefficient (Wildman–Crippen LogP) is 2.82. The molecular weight excluding hydrogens is 373 g/mol. The van der Waals surface area contributed by atoms with Crippen molar-refractivity contribution in [3.05, 3.63) is 0 Å². The molecule has 1 atom stereocenters. The van der Waals surface area contributed by atoms with E-state index in [0.29, 0.717) is 11.8 Å². The molecule has 0 bridgehead atoms. The van der Waals surface area contributed by atoms with Gasteiger partial charge in [0.1, 0.15) is 0 Å². The molecule has 0 aromatic rings. The number of carbonyl (C=O) groups excluding carboxylic acids is 1. The van der Waals surface area contributed by atoms with Crippen LogP contribution < -0.4 is 5.32 Å². The van der Waals surface area contributed by atoms with E-state index in [1.807, 2.05) is 0 Å². The van der Waals surface area contributed by atoms with Crippen LogP contribution in [0.3, 0.4) is 0 Å². The fraction of sp³-hybridized carbons (Fsp3) is 0.947. The molecule has 2 rings (SSSR count). The Balaban J connectivity index is 0.00000312. The van der Waals surface area contributed by atoms with Crippen LogP contribution in [-0.2, 0) is 9.53 Å². The van der Waals surface area contributed by atoms with E-state index < -0.39 is 0 Å². The maximum atomic E-state index is 13.3. The first-order valence-electron chi connectivity index (χ1n) is 10.0.